The number of amides is 2. The van der Waals surface area contributed by atoms with E-state index in [2.05, 4.69) is 39.9 Å². The molecular formula is C17H19N3OS. The van der Waals surface area contributed by atoms with Gasteiger partial charge < -0.3 is 10.6 Å². The van der Waals surface area contributed by atoms with E-state index in [1.807, 2.05) is 11.4 Å². The number of rotatable bonds is 5. The fourth-order valence-corrected chi connectivity index (χ4v) is 3.75. The van der Waals surface area contributed by atoms with E-state index in [1.165, 1.54) is 18.4 Å². The first-order valence-corrected chi connectivity index (χ1v) is 8.70. The highest BCUT2D eigenvalue weighted by Gasteiger charge is 2.41. The Labute approximate surface area is 134 Å². The summed E-state index contributed by atoms with van der Waals surface area (Å²) in [6, 6.07) is 10.7. The van der Waals surface area contributed by atoms with Crippen molar-refractivity contribution < 1.29 is 4.79 Å². The molecule has 2 fully saturated rings. The topological polar surface area (TPSA) is 54.0 Å². The summed E-state index contributed by atoms with van der Waals surface area (Å²) in [7, 11) is 0. The third kappa shape index (κ3) is 2.99. The number of nitrogens with zero attached hydrogens (tertiary/aromatic N) is 1. The van der Waals surface area contributed by atoms with E-state index >= 15 is 0 Å². The van der Waals surface area contributed by atoms with E-state index in [4.69, 9.17) is 0 Å². The second-order valence-electron chi connectivity index (χ2n) is 6.16. The lowest BCUT2D eigenvalue weighted by atomic mass is 10.1. The number of thiazole rings is 1. The van der Waals surface area contributed by atoms with Gasteiger partial charge in [-0.1, -0.05) is 30.3 Å². The molecule has 2 saturated carbocycles. The number of benzene rings is 1. The van der Waals surface area contributed by atoms with Crippen LogP contribution < -0.4 is 10.6 Å². The Morgan fingerprint density at radius 1 is 1.27 bits per heavy atom. The Morgan fingerprint density at radius 2 is 2.09 bits per heavy atom. The smallest absolute Gasteiger partial charge is 0.315 e. The third-order valence-corrected chi connectivity index (χ3v) is 5.29. The molecule has 2 amide bonds. The number of hydrogen-bond acceptors (Lipinski definition) is 3. The fourth-order valence-electron chi connectivity index (χ4n) is 2.97. The number of carbonyl (C=O) groups is 1. The van der Waals surface area contributed by atoms with Gasteiger partial charge in [0.25, 0.3) is 0 Å². The summed E-state index contributed by atoms with van der Waals surface area (Å²) in [5.41, 5.74) is 1.31. The zero-order valence-electron chi connectivity index (χ0n) is 12.2. The lowest BCUT2D eigenvalue weighted by molar-refractivity contribution is 0.235. The Bertz CT molecular complexity index is 639. The van der Waals surface area contributed by atoms with E-state index in [0.717, 1.165) is 11.4 Å². The Kier molecular flexibility index (Phi) is 3.58. The summed E-state index contributed by atoms with van der Waals surface area (Å²) >= 11 is 1.62. The molecule has 114 valence electrons. The maximum Gasteiger partial charge on any atom is 0.315 e. The zero-order valence-corrected chi connectivity index (χ0v) is 13.1. The molecule has 4 rings (SSSR count). The largest absolute Gasteiger partial charge is 0.335 e. The molecule has 0 aliphatic heterocycles. The molecule has 1 aromatic heterocycles. The lowest BCUT2D eigenvalue weighted by Gasteiger charge is -2.16. The van der Waals surface area contributed by atoms with Gasteiger partial charge in [0.2, 0.25) is 0 Å². The molecule has 4 nitrogen and oxygen atoms in total. The van der Waals surface area contributed by atoms with Crippen molar-refractivity contribution in [3.05, 3.63) is 52.5 Å². The minimum Gasteiger partial charge on any atom is -0.335 e. The van der Waals surface area contributed by atoms with E-state index in [0.29, 0.717) is 11.8 Å². The van der Waals surface area contributed by atoms with E-state index < -0.39 is 0 Å². The molecule has 0 bridgehead atoms. The van der Waals surface area contributed by atoms with Gasteiger partial charge in [0.05, 0.1) is 6.04 Å². The number of hydrogen-bond donors (Lipinski definition) is 2. The molecule has 2 N–H and O–H groups in total. The van der Waals surface area contributed by atoms with Crippen LogP contribution in [-0.4, -0.2) is 17.1 Å². The molecule has 2 aromatic rings. The summed E-state index contributed by atoms with van der Waals surface area (Å²) in [6.45, 7) is 0. The van der Waals surface area contributed by atoms with Crippen molar-refractivity contribution in [3.63, 3.8) is 0 Å². The predicted octanol–water partition coefficient (Wildman–Crippen LogP) is 3.45. The van der Waals surface area contributed by atoms with Gasteiger partial charge in [-0.05, 0) is 30.7 Å². The summed E-state index contributed by atoms with van der Waals surface area (Å²) in [5, 5.41) is 9.22. The van der Waals surface area contributed by atoms with Gasteiger partial charge >= 0.3 is 6.03 Å². The first kappa shape index (κ1) is 13.8. The van der Waals surface area contributed by atoms with Crippen molar-refractivity contribution in [1.29, 1.82) is 0 Å². The molecule has 0 radical (unpaired) electrons. The van der Waals surface area contributed by atoms with Crippen LogP contribution in [0.2, 0.25) is 0 Å². The van der Waals surface area contributed by atoms with E-state index in [9.17, 15) is 4.79 Å². The number of carbonyl (C=O) groups excluding carboxylic acids is 1. The van der Waals surface area contributed by atoms with Gasteiger partial charge in [-0.2, -0.15) is 0 Å². The van der Waals surface area contributed by atoms with E-state index in [1.54, 1.807) is 17.5 Å². The molecule has 2 aliphatic carbocycles. The highest BCUT2D eigenvalue weighted by Crippen LogP contribution is 2.42. The van der Waals surface area contributed by atoms with Gasteiger partial charge in [0.1, 0.15) is 5.01 Å². The summed E-state index contributed by atoms with van der Waals surface area (Å²) in [5.74, 6) is 1.02. The van der Waals surface area contributed by atoms with Crippen LogP contribution in [0.3, 0.4) is 0 Å². The molecule has 0 spiro atoms. The molecule has 0 saturated heterocycles. The maximum atomic E-state index is 12.3. The van der Waals surface area contributed by atoms with Gasteiger partial charge in [-0.15, -0.1) is 11.3 Å². The van der Waals surface area contributed by atoms with Gasteiger partial charge in [0, 0.05) is 23.5 Å². The average Bonchev–Trinajstić information content (AvgIpc) is 3.45. The predicted molar refractivity (Wildman–Crippen MR) is 86.8 cm³/mol. The van der Waals surface area contributed by atoms with Crippen LogP contribution in [0.15, 0.2) is 41.9 Å². The minimum absolute atomic E-state index is 0.0597. The first-order chi connectivity index (χ1) is 10.8. The van der Waals surface area contributed by atoms with Crippen LogP contribution >= 0.6 is 11.3 Å². The molecule has 2 aliphatic rings. The average molecular weight is 313 g/mol. The fraction of sp³-hybridized carbons (Fsp3) is 0.412. The van der Waals surface area contributed by atoms with Gasteiger partial charge in [-0.25, -0.2) is 9.78 Å². The van der Waals surface area contributed by atoms with Crippen LogP contribution in [0.5, 0.6) is 0 Å². The van der Waals surface area contributed by atoms with E-state index in [-0.39, 0.29) is 18.1 Å². The minimum atomic E-state index is -0.0597. The van der Waals surface area contributed by atoms with Gasteiger partial charge in [0.15, 0.2) is 0 Å². The van der Waals surface area contributed by atoms with Crippen molar-refractivity contribution in [2.75, 3.05) is 0 Å². The monoisotopic (exact) mass is 313 g/mol. The van der Waals surface area contributed by atoms with Crippen molar-refractivity contribution in [1.82, 2.24) is 15.6 Å². The second kappa shape index (κ2) is 5.72. The van der Waals surface area contributed by atoms with Crippen LogP contribution in [0.4, 0.5) is 4.79 Å². The summed E-state index contributed by atoms with van der Waals surface area (Å²) in [4.78, 5) is 16.6. The van der Waals surface area contributed by atoms with Crippen molar-refractivity contribution in [2.45, 2.75) is 37.3 Å². The molecule has 1 aromatic carbocycles. The zero-order chi connectivity index (χ0) is 14.9. The Hall–Kier alpha value is -1.88. The number of urea groups is 1. The van der Waals surface area contributed by atoms with Crippen LogP contribution in [0, 0.1) is 5.92 Å². The quantitative estimate of drug-likeness (QED) is 0.888. The summed E-state index contributed by atoms with van der Waals surface area (Å²) < 4.78 is 0. The second-order valence-corrected chi connectivity index (χ2v) is 7.09. The van der Waals surface area contributed by atoms with Crippen molar-refractivity contribution >= 4 is 17.4 Å². The normalized spacial score (nSPS) is 24.5. The maximum absolute atomic E-state index is 12.3. The standard InChI is InChI=1S/C17H19N3OS/c21-17(19-14-10-13(14)11-4-2-1-3-5-11)20-15(12-6-7-12)16-18-8-9-22-16/h1-5,8-9,12-15H,6-7,10H2,(H2,19,20,21)/t13-,14-,15+/m1/s1. The summed E-state index contributed by atoms with van der Waals surface area (Å²) in [6.07, 6.45) is 5.20. The third-order valence-electron chi connectivity index (χ3n) is 4.43. The highest BCUT2D eigenvalue weighted by molar-refractivity contribution is 7.09. The number of aromatic nitrogens is 1. The molecule has 5 heteroatoms. The highest BCUT2D eigenvalue weighted by atomic mass is 32.1. The lowest BCUT2D eigenvalue weighted by Crippen LogP contribution is -2.40. The van der Waals surface area contributed by atoms with Crippen LogP contribution in [0.25, 0.3) is 0 Å². The Balaban J connectivity index is 1.33. The first-order valence-electron chi connectivity index (χ1n) is 7.82. The van der Waals surface area contributed by atoms with Gasteiger partial charge in [-0.3, -0.25) is 0 Å². The van der Waals surface area contributed by atoms with Crippen LogP contribution in [0.1, 0.15) is 41.8 Å². The number of nitrogens with one attached hydrogen (secondary N) is 2. The van der Waals surface area contributed by atoms with Crippen molar-refractivity contribution in [3.8, 4) is 0 Å². The molecule has 1 heterocycles. The van der Waals surface area contributed by atoms with Crippen molar-refractivity contribution in [2.24, 2.45) is 5.92 Å². The molecular weight excluding hydrogens is 294 g/mol. The van der Waals surface area contributed by atoms with Crippen LogP contribution in [-0.2, 0) is 0 Å². The Morgan fingerprint density at radius 3 is 2.77 bits per heavy atom. The molecule has 22 heavy (non-hydrogen) atoms. The SMILES string of the molecule is O=C(N[C@H](c1nccs1)C1CC1)N[C@@H]1C[C@@H]1c1ccccc1. The molecule has 0 unspecified atom stereocenters. The molecule has 3 atom stereocenters.